The number of nitrogens with zero attached hydrogens (tertiary/aromatic N) is 1. The maximum absolute atomic E-state index is 12.7. The molecule has 0 aliphatic rings. The van der Waals surface area contributed by atoms with E-state index < -0.39 is 0 Å². The van der Waals surface area contributed by atoms with Crippen molar-refractivity contribution in [1.82, 2.24) is 4.98 Å². The fraction of sp³-hybridized carbons (Fsp3) is 0.143. The van der Waals surface area contributed by atoms with E-state index in [2.05, 4.69) is 10.3 Å². The van der Waals surface area contributed by atoms with Crippen LogP contribution < -0.4 is 19.5 Å². The molecule has 1 amide bonds. The number of para-hydroxylation sites is 1. The summed E-state index contributed by atoms with van der Waals surface area (Å²) in [5.74, 6) is 1.95. The summed E-state index contributed by atoms with van der Waals surface area (Å²) in [6.45, 7) is 2.40. The highest BCUT2D eigenvalue weighted by Gasteiger charge is 2.14. The van der Waals surface area contributed by atoms with Gasteiger partial charge in [0.2, 0.25) is 0 Å². The highest BCUT2D eigenvalue weighted by Crippen LogP contribution is 2.31. The Morgan fingerprint density at radius 3 is 2.59 bits per heavy atom. The lowest BCUT2D eigenvalue weighted by molar-refractivity contribution is 0.102. The van der Waals surface area contributed by atoms with Crippen molar-refractivity contribution in [2.75, 3.05) is 19.0 Å². The zero-order valence-electron chi connectivity index (χ0n) is 15.1. The van der Waals surface area contributed by atoms with Gasteiger partial charge in [-0.05, 0) is 37.3 Å². The van der Waals surface area contributed by atoms with Crippen molar-refractivity contribution in [3.63, 3.8) is 0 Å². The number of anilines is 1. The number of carbonyl (C=O) groups excluding carboxylic acids is 1. The SMILES string of the molecule is CCOc1ccc(C(=O)Nc2cnccc2Oc2ccccc2)cc1OC. The summed E-state index contributed by atoms with van der Waals surface area (Å²) < 4.78 is 16.6. The molecule has 6 nitrogen and oxygen atoms in total. The molecule has 1 N–H and O–H groups in total. The van der Waals surface area contributed by atoms with Crippen LogP contribution in [0.3, 0.4) is 0 Å². The number of ether oxygens (including phenoxy) is 3. The van der Waals surface area contributed by atoms with Crippen molar-refractivity contribution >= 4 is 11.6 Å². The third kappa shape index (κ3) is 4.55. The van der Waals surface area contributed by atoms with Crippen LogP contribution in [-0.4, -0.2) is 24.6 Å². The molecule has 27 heavy (non-hydrogen) atoms. The summed E-state index contributed by atoms with van der Waals surface area (Å²) in [5.41, 5.74) is 0.907. The molecule has 0 aliphatic carbocycles. The second-order valence-corrected chi connectivity index (χ2v) is 5.54. The van der Waals surface area contributed by atoms with Crippen molar-refractivity contribution in [3.8, 4) is 23.0 Å². The third-order valence-electron chi connectivity index (χ3n) is 3.73. The first kappa shape index (κ1) is 18.3. The monoisotopic (exact) mass is 364 g/mol. The fourth-order valence-corrected chi connectivity index (χ4v) is 2.46. The molecule has 0 radical (unpaired) electrons. The smallest absolute Gasteiger partial charge is 0.255 e. The summed E-state index contributed by atoms with van der Waals surface area (Å²) in [4.78, 5) is 16.7. The number of rotatable bonds is 7. The lowest BCUT2D eigenvalue weighted by Crippen LogP contribution is -2.13. The highest BCUT2D eigenvalue weighted by atomic mass is 16.5. The Bertz CT molecular complexity index is 913. The number of aromatic nitrogens is 1. The minimum atomic E-state index is -0.303. The minimum absolute atomic E-state index is 0.303. The number of amides is 1. The Morgan fingerprint density at radius 1 is 1.04 bits per heavy atom. The van der Waals surface area contributed by atoms with E-state index in [1.165, 1.54) is 7.11 Å². The van der Waals surface area contributed by atoms with Gasteiger partial charge in [-0.15, -0.1) is 0 Å². The summed E-state index contributed by atoms with van der Waals surface area (Å²) in [6, 6.07) is 16.0. The lowest BCUT2D eigenvalue weighted by atomic mass is 10.2. The van der Waals surface area contributed by atoms with Crippen molar-refractivity contribution < 1.29 is 19.0 Å². The molecule has 0 unspecified atom stereocenters. The van der Waals surface area contributed by atoms with Crippen LogP contribution in [-0.2, 0) is 0 Å². The van der Waals surface area contributed by atoms with Crippen LogP contribution in [0.5, 0.6) is 23.0 Å². The standard InChI is InChI=1S/C21H20N2O4/c1-3-26-19-10-9-15(13-20(19)25-2)21(24)23-17-14-22-12-11-18(17)27-16-7-5-4-6-8-16/h4-14H,3H2,1-2H3,(H,23,24). The van der Waals surface area contributed by atoms with Gasteiger partial charge in [-0.2, -0.15) is 0 Å². The summed E-state index contributed by atoms with van der Waals surface area (Å²) in [5, 5.41) is 2.83. The molecule has 1 aromatic heterocycles. The largest absolute Gasteiger partial charge is 0.493 e. The van der Waals surface area contributed by atoms with E-state index in [1.807, 2.05) is 37.3 Å². The summed E-state index contributed by atoms with van der Waals surface area (Å²) in [6.07, 6.45) is 3.15. The Labute approximate surface area is 157 Å². The Hall–Kier alpha value is -3.54. The van der Waals surface area contributed by atoms with Gasteiger partial charge in [-0.25, -0.2) is 0 Å². The Balaban J connectivity index is 1.80. The average molecular weight is 364 g/mol. The van der Waals surface area contributed by atoms with Crippen molar-refractivity contribution in [1.29, 1.82) is 0 Å². The molecule has 1 heterocycles. The number of carbonyl (C=O) groups is 1. The quantitative estimate of drug-likeness (QED) is 0.667. The lowest BCUT2D eigenvalue weighted by Gasteiger charge is -2.13. The van der Waals surface area contributed by atoms with Crippen molar-refractivity contribution in [2.45, 2.75) is 6.92 Å². The molecule has 0 aliphatic heterocycles. The number of hydrogen-bond donors (Lipinski definition) is 1. The van der Waals surface area contributed by atoms with Crippen LogP contribution in [0.15, 0.2) is 67.0 Å². The summed E-state index contributed by atoms with van der Waals surface area (Å²) in [7, 11) is 1.53. The molecule has 6 heteroatoms. The maximum atomic E-state index is 12.7. The fourth-order valence-electron chi connectivity index (χ4n) is 2.46. The van der Waals surface area contributed by atoms with Crippen molar-refractivity contribution in [2.24, 2.45) is 0 Å². The Morgan fingerprint density at radius 2 is 1.85 bits per heavy atom. The molecule has 3 rings (SSSR count). The first-order valence-corrected chi connectivity index (χ1v) is 8.50. The molecule has 2 aromatic carbocycles. The van der Waals surface area contributed by atoms with Gasteiger partial charge in [0.25, 0.3) is 5.91 Å². The summed E-state index contributed by atoms with van der Waals surface area (Å²) >= 11 is 0. The van der Waals surface area contributed by atoms with E-state index in [-0.39, 0.29) is 5.91 Å². The predicted octanol–water partition coefficient (Wildman–Crippen LogP) is 4.53. The van der Waals surface area contributed by atoms with E-state index in [4.69, 9.17) is 14.2 Å². The Kier molecular flexibility index (Phi) is 5.89. The van der Waals surface area contributed by atoms with Crippen LogP contribution in [0.4, 0.5) is 5.69 Å². The zero-order chi connectivity index (χ0) is 19.1. The molecular weight excluding hydrogens is 344 g/mol. The van der Waals surface area contributed by atoms with Gasteiger partial charge in [0.15, 0.2) is 17.2 Å². The predicted molar refractivity (Wildman–Crippen MR) is 103 cm³/mol. The first-order chi connectivity index (χ1) is 13.2. The zero-order valence-corrected chi connectivity index (χ0v) is 15.1. The van der Waals surface area contributed by atoms with E-state index in [0.717, 1.165) is 0 Å². The van der Waals surface area contributed by atoms with Crippen LogP contribution >= 0.6 is 0 Å². The van der Waals surface area contributed by atoms with Crippen LogP contribution in [0.2, 0.25) is 0 Å². The van der Waals surface area contributed by atoms with Crippen molar-refractivity contribution in [3.05, 3.63) is 72.6 Å². The second-order valence-electron chi connectivity index (χ2n) is 5.54. The maximum Gasteiger partial charge on any atom is 0.255 e. The van der Waals surface area contributed by atoms with Gasteiger partial charge in [0.05, 0.1) is 19.9 Å². The molecule has 0 saturated heterocycles. The molecule has 0 fully saturated rings. The van der Waals surface area contributed by atoms with E-state index in [0.29, 0.717) is 40.9 Å². The molecule has 0 atom stereocenters. The van der Waals surface area contributed by atoms with E-state index >= 15 is 0 Å². The van der Waals surface area contributed by atoms with Gasteiger partial charge in [-0.3, -0.25) is 9.78 Å². The third-order valence-corrected chi connectivity index (χ3v) is 3.73. The molecule has 0 saturated carbocycles. The van der Waals surface area contributed by atoms with Crippen LogP contribution in [0, 0.1) is 0 Å². The van der Waals surface area contributed by atoms with Crippen LogP contribution in [0.1, 0.15) is 17.3 Å². The van der Waals surface area contributed by atoms with Gasteiger partial charge in [0, 0.05) is 17.8 Å². The molecule has 0 spiro atoms. The number of nitrogens with one attached hydrogen (secondary N) is 1. The van der Waals surface area contributed by atoms with Gasteiger partial charge >= 0.3 is 0 Å². The molecule has 138 valence electrons. The second kappa shape index (κ2) is 8.71. The van der Waals surface area contributed by atoms with Gasteiger partial charge in [-0.1, -0.05) is 18.2 Å². The van der Waals surface area contributed by atoms with Crippen LogP contribution in [0.25, 0.3) is 0 Å². The molecular formula is C21H20N2O4. The van der Waals surface area contributed by atoms with E-state index in [1.54, 1.807) is 36.7 Å². The molecule has 3 aromatic rings. The number of benzene rings is 2. The normalized spacial score (nSPS) is 10.1. The number of pyridine rings is 1. The number of methoxy groups -OCH3 is 1. The van der Waals surface area contributed by atoms with E-state index in [9.17, 15) is 4.79 Å². The van der Waals surface area contributed by atoms with Gasteiger partial charge < -0.3 is 19.5 Å². The van der Waals surface area contributed by atoms with Gasteiger partial charge in [0.1, 0.15) is 11.4 Å². The first-order valence-electron chi connectivity index (χ1n) is 8.50. The highest BCUT2D eigenvalue weighted by molar-refractivity contribution is 6.05. The number of hydrogen-bond acceptors (Lipinski definition) is 5. The average Bonchev–Trinajstić information content (AvgIpc) is 2.70. The topological polar surface area (TPSA) is 69.7 Å². The minimum Gasteiger partial charge on any atom is -0.493 e. The molecule has 0 bridgehead atoms.